The number of alkyl halides is 3. The second-order valence-corrected chi connectivity index (χ2v) is 7.19. The number of sulfone groups is 1. The molecule has 1 aromatic rings. The predicted molar refractivity (Wildman–Crippen MR) is 70.4 cm³/mol. The summed E-state index contributed by atoms with van der Waals surface area (Å²) in [5.74, 6) is -0.0369. The summed E-state index contributed by atoms with van der Waals surface area (Å²) >= 11 is 0. The average Bonchev–Trinajstić information content (AvgIpc) is 2.48. The van der Waals surface area contributed by atoms with Gasteiger partial charge in [-0.25, -0.2) is 12.8 Å². The summed E-state index contributed by atoms with van der Waals surface area (Å²) in [5.41, 5.74) is 0.403. The van der Waals surface area contributed by atoms with E-state index in [-0.39, 0.29) is 5.92 Å². The normalized spacial score (nSPS) is 18.1. The summed E-state index contributed by atoms with van der Waals surface area (Å²) in [5, 5.41) is -4.36. The Labute approximate surface area is 116 Å². The number of hydrogen-bond donors (Lipinski definition) is 0. The molecule has 1 aliphatic rings. The zero-order chi connectivity index (χ0) is 14.8. The Bertz CT molecular complexity index is 564. The standard InChI is InChI=1S/C14H17F3O2S/c15-10-14(16,17)20(18,19)13-9-5-4-8-12(13)11-6-2-1-3-7-11/h4-5,8-9,11H,1-3,6-7,10H2. The maximum Gasteiger partial charge on any atom is 0.377 e. The molecule has 0 bridgehead atoms. The number of halogens is 3. The first-order valence-electron chi connectivity index (χ1n) is 6.67. The molecule has 1 saturated carbocycles. The van der Waals surface area contributed by atoms with Crippen LogP contribution in [0.4, 0.5) is 13.2 Å². The van der Waals surface area contributed by atoms with Crippen molar-refractivity contribution in [3.05, 3.63) is 29.8 Å². The van der Waals surface area contributed by atoms with Gasteiger partial charge in [0.15, 0.2) is 6.67 Å². The van der Waals surface area contributed by atoms with Crippen molar-refractivity contribution < 1.29 is 21.6 Å². The van der Waals surface area contributed by atoms with Crippen LogP contribution in [0.3, 0.4) is 0 Å². The summed E-state index contributed by atoms with van der Waals surface area (Å²) < 4.78 is 63.1. The van der Waals surface area contributed by atoms with Gasteiger partial charge in [-0.2, -0.15) is 8.78 Å². The molecule has 0 heterocycles. The Morgan fingerprint density at radius 1 is 1.10 bits per heavy atom. The average molecular weight is 306 g/mol. The Kier molecular flexibility index (Phi) is 4.42. The molecule has 2 nitrogen and oxygen atoms in total. The summed E-state index contributed by atoms with van der Waals surface area (Å²) in [6.45, 7) is -2.20. The van der Waals surface area contributed by atoms with Crippen LogP contribution in [0.1, 0.15) is 43.6 Å². The molecule has 0 unspecified atom stereocenters. The number of rotatable bonds is 4. The fraction of sp³-hybridized carbons (Fsp3) is 0.571. The van der Waals surface area contributed by atoms with Crippen molar-refractivity contribution >= 4 is 9.84 Å². The first kappa shape index (κ1) is 15.4. The van der Waals surface area contributed by atoms with E-state index in [9.17, 15) is 21.6 Å². The fourth-order valence-electron chi connectivity index (χ4n) is 2.71. The van der Waals surface area contributed by atoms with Gasteiger partial charge in [-0.1, -0.05) is 37.5 Å². The van der Waals surface area contributed by atoms with Crippen molar-refractivity contribution in [3.63, 3.8) is 0 Å². The monoisotopic (exact) mass is 306 g/mol. The maximum atomic E-state index is 13.4. The van der Waals surface area contributed by atoms with Crippen molar-refractivity contribution in [2.24, 2.45) is 0 Å². The maximum absolute atomic E-state index is 13.4. The van der Waals surface area contributed by atoms with Gasteiger partial charge in [0.25, 0.3) is 0 Å². The minimum atomic E-state index is -4.98. The summed E-state index contributed by atoms with van der Waals surface area (Å²) in [7, 11) is -4.98. The van der Waals surface area contributed by atoms with E-state index in [1.165, 1.54) is 6.07 Å². The van der Waals surface area contributed by atoms with Crippen molar-refractivity contribution in [2.75, 3.05) is 6.67 Å². The van der Waals surface area contributed by atoms with Crippen LogP contribution in [-0.4, -0.2) is 20.3 Å². The van der Waals surface area contributed by atoms with E-state index in [1.54, 1.807) is 12.1 Å². The van der Waals surface area contributed by atoms with Crippen LogP contribution in [0.25, 0.3) is 0 Å². The van der Waals surface area contributed by atoms with Crippen LogP contribution < -0.4 is 0 Å². The summed E-state index contributed by atoms with van der Waals surface area (Å²) in [6.07, 6.45) is 4.56. The second-order valence-electron chi connectivity index (χ2n) is 5.15. The van der Waals surface area contributed by atoms with Crippen LogP contribution in [-0.2, 0) is 9.84 Å². The van der Waals surface area contributed by atoms with Gasteiger partial charge >= 0.3 is 5.25 Å². The first-order valence-corrected chi connectivity index (χ1v) is 8.16. The Balaban J connectivity index is 2.47. The summed E-state index contributed by atoms with van der Waals surface area (Å²) in [6, 6.07) is 5.75. The van der Waals surface area contributed by atoms with Crippen molar-refractivity contribution in [3.8, 4) is 0 Å². The molecule has 0 amide bonds. The third kappa shape index (κ3) is 2.71. The predicted octanol–water partition coefficient (Wildman–Crippen LogP) is 4.07. The van der Waals surface area contributed by atoms with Gasteiger partial charge in [0.1, 0.15) is 0 Å². The molecule has 0 aliphatic heterocycles. The van der Waals surface area contributed by atoms with Crippen LogP contribution >= 0.6 is 0 Å². The van der Waals surface area contributed by atoms with Crippen molar-refractivity contribution in [1.82, 2.24) is 0 Å². The first-order chi connectivity index (χ1) is 9.40. The molecular weight excluding hydrogens is 289 g/mol. The topological polar surface area (TPSA) is 34.1 Å². The molecule has 20 heavy (non-hydrogen) atoms. The van der Waals surface area contributed by atoms with E-state index in [0.29, 0.717) is 5.56 Å². The summed E-state index contributed by atoms with van der Waals surface area (Å²) in [4.78, 5) is -0.422. The third-order valence-electron chi connectivity index (χ3n) is 3.80. The van der Waals surface area contributed by atoms with Gasteiger partial charge in [-0.15, -0.1) is 0 Å². The van der Waals surface area contributed by atoms with E-state index in [4.69, 9.17) is 0 Å². The molecular formula is C14H17F3O2S. The minimum absolute atomic E-state index is 0.0369. The Hall–Kier alpha value is -1.04. The fourth-order valence-corrected chi connectivity index (χ4v) is 3.98. The van der Waals surface area contributed by atoms with E-state index in [0.717, 1.165) is 38.2 Å². The SMILES string of the molecule is O=S(=O)(c1ccccc1C1CCCCC1)C(F)(F)CF. The highest BCUT2D eigenvalue weighted by atomic mass is 32.2. The second kappa shape index (κ2) is 5.76. The van der Waals surface area contributed by atoms with Crippen LogP contribution in [0.5, 0.6) is 0 Å². The molecule has 0 saturated heterocycles. The molecule has 0 N–H and O–H groups in total. The molecule has 2 rings (SSSR count). The third-order valence-corrected chi connectivity index (χ3v) is 5.65. The zero-order valence-electron chi connectivity index (χ0n) is 11.0. The molecule has 0 radical (unpaired) electrons. The molecule has 1 fully saturated rings. The quantitative estimate of drug-likeness (QED) is 0.840. The highest BCUT2D eigenvalue weighted by molar-refractivity contribution is 7.92. The lowest BCUT2D eigenvalue weighted by atomic mass is 9.84. The molecule has 0 aromatic heterocycles. The zero-order valence-corrected chi connectivity index (χ0v) is 11.8. The Morgan fingerprint density at radius 3 is 2.30 bits per heavy atom. The van der Waals surface area contributed by atoms with Gasteiger partial charge in [0, 0.05) is 0 Å². The molecule has 1 aromatic carbocycles. The van der Waals surface area contributed by atoms with Crippen molar-refractivity contribution in [2.45, 2.75) is 48.2 Å². The van der Waals surface area contributed by atoms with Gasteiger partial charge in [-0.3, -0.25) is 0 Å². The van der Waals surface area contributed by atoms with E-state index < -0.39 is 26.7 Å². The van der Waals surface area contributed by atoms with E-state index >= 15 is 0 Å². The lowest BCUT2D eigenvalue weighted by Crippen LogP contribution is -2.32. The van der Waals surface area contributed by atoms with Gasteiger partial charge in [-0.05, 0) is 30.4 Å². The van der Waals surface area contributed by atoms with E-state index in [2.05, 4.69) is 0 Å². The molecule has 0 spiro atoms. The van der Waals surface area contributed by atoms with Crippen molar-refractivity contribution in [1.29, 1.82) is 0 Å². The minimum Gasteiger partial charge on any atom is -0.243 e. The Morgan fingerprint density at radius 2 is 1.70 bits per heavy atom. The molecule has 6 heteroatoms. The van der Waals surface area contributed by atoms with Gasteiger partial charge in [0.05, 0.1) is 4.90 Å². The van der Waals surface area contributed by atoms with Crippen LogP contribution in [0.2, 0.25) is 0 Å². The van der Waals surface area contributed by atoms with Crippen LogP contribution in [0.15, 0.2) is 29.2 Å². The lowest BCUT2D eigenvalue weighted by Gasteiger charge is -2.25. The number of benzene rings is 1. The lowest BCUT2D eigenvalue weighted by molar-refractivity contribution is 0.0619. The highest BCUT2D eigenvalue weighted by Gasteiger charge is 2.47. The highest BCUT2D eigenvalue weighted by Crippen LogP contribution is 2.39. The van der Waals surface area contributed by atoms with Gasteiger partial charge in [0.2, 0.25) is 9.84 Å². The number of hydrogen-bond acceptors (Lipinski definition) is 2. The molecule has 0 atom stereocenters. The molecule has 112 valence electrons. The van der Waals surface area contributed by atoms with Crippen LogP contribution in [0, 0.1) is 0 Å². The largest absolute Gasteiger partial charge is 0.377 e. The smallest absolute Gasteiger partial charge is 0.243 e. The van der Waals surface area contributed by atoms with E-state index in [1.807, 2.05) is 0 Å². The molecule has 1 aliphatic carbocycles. The van der Waals surface area contributed by atoms with Gasteiger partial charge < -0.3 is 0 Å².